The van der Waals surface area contributed by atoms with Gasteiger partial charge in [0.15, 0.2) is 0 Å². The second-order valence-corrected chi connectivity index (χ2v) is 21.0. The Bertz CT molecular complexity index is 673. The lowest BCUT2D eigenvalue weighted by atomic mass is 10.1. The molecule has 0 saturated carbocycles. The van der Waals surface area contributed by atoms with E-state index in [0.717, 1.165) is 44.9 Å². The van der Waals surface area contributed by atoms with E-state index in [1.807, 2.05) is 0 Å². The van der Waals surface area contributed by atoms with E-state index in [1.165, 1.54) is 289 Å². The van der Waals surface area contributed by atoms with Gasteiger partial charge in [-0.25, -0.2) is 0 Å². The third kappa shape index (κ3) is 130. The normalized spacial score (nSPS) is 10.3. The van der Waals surface area contributed by atoms with Crippen molar-refractivity contribution in [3.8, 4) is 0 Å². The quantitative estimate of drug-likeness (QED) is 0.0301. The molecule has 0 spiro atoms. The predicted molar refractivity (Wildman–Crippen MR) is 329 cm³/mol. The zero-order valence-electron chi connectivity index (χ0n) is 51.8. The molecule has 0 aromatic carbocycles. The van der Waals surface area contributed by atoms with Gasteiger partial charge < -0.3 is 35.7 Å². The van der Waals surface area contributed by atoms with Crippen LogP contribution in [0.15, 0.2) is 0 Å². The second kappa shape index (κ2) is 104. The van der Waals surface area contributed by atoms with Crippen LogP contribution in [0.3, 0.4) is 0 Å². The molecule has 452 valence electrons. The minimum absolute atomic E-state index is 0.361. The topological polar surface area (TPSA) is 142 Å². The van der Waals surface area contributed by atoms with E-state index in [2.05, 4.69) is 48.5 Å². The summed E-state index contributed by atoms with van der Waals surface area (Å²) >= 11 is 0. The minimum atomic E-state index is 0.361. The van der Waals surface area contributed by atoms with Crippen molar-refractivity contribution in [1.82, 2.24) is 0 Å². The Morgan fingerprint density at radius 1 is 0.110 bits per heavy atom. The zero-order valence-corrected chi connectivity index (χ0v) is 51.8. The number of rotatable bonds is 52. The van der Waals surface area contributed by atoms with Gasteiger partial charge >= 0.3 is 0 Å². The van der Waals surface area contributed by atoms with Crippen molar-refractivity contribution in [2.45, 2.75) is 382 Å². The molecule has 0 atom stereocenters. The van der Waals surface area contributed by atoms with Gasteiger partial charge in [0, 0.05) is 46.2 Å². The highest BCUT2D eigenvalue weighted by Gasteiger charge is 1.95. The van der Waals surface area contributed by atoms with Crippen molar-refractivity contribution >= 4 is 0 Å². The first-order chi connectivity index (χ1) is 35.9. The van der Waals surface area contributed by atoms with E-state index >= 15 is 0 Å². The molecule has 0 radical (unpaired) electrons. The maximum absolute atomic E-state index is 8.61. The van der Waals surface area contributed by atoms with Gasteiger partial charge in [-0.15, -0.1) is 0 Å². The predicted octanol–water partition coefficient (Wildman–Crippen LogP) is 20.3. The lowest BCUT2D eigenvalue weighted by molar-refractivity contribution is 0.282. The van der Waals surface area contributed by atoms with Gasteiger partial charge in [-0.05, 0) is 44.9 Å². The summed E-state index contributed by atoms with van der Waals surface area (Å²) in [4.78, 5) is 0. The van der Waals surface area contributed by atoms with Gasteiger partial charge in [-0.2, -0.15) is 0 Å². The maximum Gasteiger partial charge on any atom is 0.0431 e. The number of hydrogen-bond donors (Lipinski definition) is 7. The Labute approximate surface area is 462 Å². The Morgan fingerprint density at radius 2 is 0.178 bits per heavy atom. The molecule has 7 N–H and O–H groups in total. The number of unbranched alkanes of at least 4 members (excludes halogenated alkanes) is 45. The largest absolute Gasteiger partial charge is 0.396 e. The Balaban J connectivity index is -0.000000141. The fraction of sp³-hybridized carbons (Fsp3) is 1.00. The lowest BCUT2D eigenvalue weighted by Crippen LogP contribution is -1.84. The van der Waals surface area contributed by atoms with Crippen molar-refractivity contribution < 1.29 is 35.7 Å². The van der Waals surface area contributed by atoms with E-state index in [9.17, 15) is 0 Å². The molecule has 0 aliphatic heterocycles. The van der Waals surface area contributed by atoms with Gasteiger partial charge in [0.1, 0.15) is 0 Å². The first-order valence-corrected chi connectivity index (χ1v) is 33.2. The smallest absolute Gasteiger partial charge is 0.0431 e. The number of aliphatic hydroxyl groups is 7. The molecule has 0 amide bonds. The minimum Gasteiger partial charge on any atom is -0.396 e. The standard InChI is InChI=1S/C14H30O.C12H26O.C10H22O.C9H20O.C8H18O.C7H16O.C6H14O/c1-2-3-4-5-6-7-8-9-10-11-12-13-14-15;1-2-3-4-5-6-7-8-9-10-11-12-13;1-2-3-4-5-6-7-8-9-10-11;1-2-3-4-5-6-7-8-9-10;1-2-3-4-5-6-7-8-9;1-2-3-4-5-6-7-8;1-2-3-4-5-6-7/h15H,2-14H2,1H3;13H,2-12H2,1H3;11H,2-10H2,1H3;10H,2-9H2,1H3;9H,2-8H2,1H3;8H,2-7H2,1H3;7H,2-6H2,1H3. The third-order valence-electron chi connectivity index (χ3n) is 13.1. The van der Waals surface area contributed by atoms with Crippen LogP contribution < -0.4 is 0 Å². The highest BCUT2D eigenvalue weighted by Crippen LogP contribution is 2.13. The summed E-state index contributed by atoms with van der Waals surface area (Å²) in [5.74, 6) is 0. The molecule has 0 heterocycles. The summed E-state index contributed by atoms with van der Waals surface area (Å²) in [6.07, 6.45) is 67.1. The monoisotopic (exact) mass is 1050 g/mol. The highest BCUT2D eigenvalue weighted by molar-refractivity contribution is 4.50. The summed E-state index contributed by atoms with van der Waals surface area (Å²) in [6, 6.07) is 0. The van der Waals surface area contributed by atoms with Crippen LogP contribution in [0.25, 0.3) is 0 Å². The SMILES string of the molecule is CCCCCCCCCCCCCCO.CCCCCCCCCCCCO.CCCCCCCCCCO.CCCCCCCCCO.CCCCCCCCO.CCCCCCCO.CCCCCCO. The average molecular weight is 1050 g/mol. The molecule has 0 aliphatic carbocycles. The molecule has 7 nitrogen and oxygen atoms in total. The summed E-state index contributed by atoms with van der Waals surface area (Å²) in [5.41, 5.74) is 0. The molecular formula is C66H146O7. The molecular weight excluding hydrogens is 905 g/mol. The molecule has 0 bridgehead atoms. The maximum atomic E-state index is 8.61. The van der Waals surface area contributed by atoms with E-state index in [0.29, 0.717) is 46.2 Å². The Kier molecular flexibility index (Phi) is 123. The van der Waals surface area contributed by atoms with E-state index < -0.39 is 0 Å². The van der Waals surface area contributed by atoms with Crippen molar-refractivity contribution in [2.24, 2.45) is 0 Å². The second-order valence-electron chi connectivity index (χ2n) is 21.0. The third-order valence-corrected chi connectivity index (χ3v) is 13.1. The molecule has 0 fully saturated rings. The molecule has 0 rings (SSSR count). The molecule has 7 heteroatoms. The van der Waals surface area contributed by atoms with Crippen molar-refractivity contribution in [3.05, 3.63) is 0 Å². The summed E-state index contributed by atoms with van der Waals surface area (Å²) in [5, 5.41) is 59.2. The van der Waals surface area contributed by atoms with Crippen LogP contribution in [0.2, 0.25) is 0 Å². The summed E-state index contributed by atoms with van der Waals surface area (Å²) in [6.45, 7) is 18.1. The van der Waals surface area contributed by atoms with Gasteiger partial charge in [0.2, 0.25) is 0 Å². The van der Waals surface area contributed by atoms with Crippen molar-refractivity contribution in [1.29, 1.82) is 0 Å². The molecule has 0 unspecified atom stereocenters. The van der Waals surface area contributed by atoms with E-state index in [1.54, 1.807) is 0 Å². The molecule has 0 aliphatic rings. The van der Waals surface area contributed by atoms with Gasteiger partial charge in [0.25, 0.3) is 0 Å². The van der Waals surface area contributed by atoms with Crippen LogP contribution in [-0.4, -0.2) is 82.0 Å². The fourth-order valence-corrected chi connectivity index (χ4v) is 8.01. The molecule has 0 aromatic rings. The summed E-state index contributed by atoms with van der Waals surface area (Å²) in [7, 11) is 0. The highest BCUT2D eigenvalue weighted by atomic mass is 16.3. The van der Waals surface area contributed by atoms with Crippen LogP contribution in [0.1, 0.15) is 382 Å². The average Bonchev–Trinajstić information content (AvgIpc) is 3.41. The Hall–Kier alpha value is -0.280. The van der Waals surface area contributed by atoms with Gasteiger partial charge in [-0.3, -0.25) is 0 Å². The summed E-state index contributed by atoms with van der Waals surface area (Å²) < 4.78 is 0. The van der Waals surface area contributed by atoms with Crippen LogP contribution in [0, 0.1) is 0 Å². The van der Waals surface area contributed by atoms with Crippen LogP contribution in [0.5, 0.6) is 0 Å². The number of hydrogen-bond acceptors (Lipinski definition) is 7. The fourth-order valence-electron chi connectivity index (χ4n) is 8.01. The molecule has 0 saturated heterocycles. The van der Waals surface area contributed by atoms with Gasteiger partial charge in [-0.1, -0.05) is 337 Å². The first kappa shape index (κ1) is 86.6. The van der Waals surface area contributed by atoms with Crippen LogP contribution in [0.4, 0.5) is 0 Å². The number of aliphatic hydroxyl groups excluding tert-OH is 7. The lowest BCUT2D eigenvalue weighted by Gasteiger charge is -2.01. The molecule has 0 aromatic heterocycles. The van der Waals surface area contributed by atoms with Gasteiger partial charge in [0.05, 0.1) is 0 Å². The Morgan fingerprint density at radius 3 is 0.260 bits per heavy atom. The van der Waals surface area contributed by atoms with Crippen LogP contribution >= 0.6 is 0 Å². The van der Waals surface area contributed by atoms with E-state index in [4.69, 9.17) is 35.7 Å². The van der Waals surface area contributed by atoms with Crippen molar-refractivity contribution in [3.63, 3.8) is 0 Å². The van der Waals surface area contributed by atoms with Crippen LogP contribution in [-0.2, 0) is 0 Å². The zero-order chi connectivity index (χ0) is 55.7. The van der Waals surface area contributed by atoms with E-state index in [-0.39, 0.29) is 0 Å². The first-order valence-electron chi connectivity index (χ1n) is 33.2. The van der Waals surface area contributed by atoms with Crippen molar-refractivity contribution in [2.75, 3.05) is 46.2 Å². The molecule has 73 heavy (non-hydrogen) atoms.